The van der Waals surface area contributed by atoms with E-state index in [1.165, 1.54) is 11.1 Å². The number of aliphatic hydroxyl groups is 1. The van der Waals surface area contributed by atoms with Crippen molar-refractivity contribution in [3.8, 4) is 5.75 Å². The summed E-state index contributed by atoms with van der Waals surface area (Å²) in [5.74, 6) is -0.466. The van der Waals surface area contributed by atoms with E-state index in [0.717, 1.165) is 94.4 Å². The minimum atomic E-state index is -3.69. The number of halogens is 1. The molecule has 9 atom stereocenters. The number of aliphatic hydroxyl groups excluding tert-OH is 1. The number of rotatable bonds is 4. The highest BCUT2D eigenvalue weighted by Gasteiger charge is 2.44. The smallest absolute Gasteiger partial charge is 0.286 e. The maximum atomic E-state index is 15.2. The average Bonchev–Trinajstić information content (AvgIpc) is 3.63. The molecule has 1 saturated carbocycles. The molecule has 3 aromatic rings. The van der Waals surface area contributed by atoms with Crippen molar-refractivity contribution >= 4 is 39.0 Å². The number of benzene rings is 2. The van der Waals surface area contributed by atoms with Gasteiger partial charge in [-0.2, -0.15) is 0 Å². The summed E-state index contributed by atoms with van der Waals surface area (Å²) < 4.78 is 43.3. The van der Waals surface area contributed by atoms with Gasteiger partial charge in [-0.1, -0.05) is 36.7 Å². The number of ether oxygens (including phenoxy) is 3. The number of hydrogen-bond acceptors (Lipinski definition) is 10. The van der Waals surface area contributed by atoms with Crippen LogP contribution in [-0.2, 0) is 44.4 Å². The van der Waals surface area contributed by atoms with Crippen LogP contribution in [-0.4, -0.2) is 125 Å². The normalized spacial score (nSPS) is 34.2. The van der Waals surface area contributed by atoms with E-state index in [9.17, 15) is 14.7 Å². The summed E-state index contributed by atoms with van der Waals surface area (Å²) in [4.78, 5) is 35.9. The monoisotopic (exact) mass is 900 g/mol. The number of fused-ring (bicyclic) bond motifs is 6. The van der Waals surface area contributed by atoms with Crippen molar-refractivity contribution in [3.63, 3.8) is 0 Å². The minimum Gasteiger partial charge on any atom is -0.490 e. The van der Waals surface area contributed by atoms with Crippen LogP contribution in [0, 0.1) is 17.8 Å². The molecule has 2 bridgehead atoms. The molecule has 10 rings (SSSR count). The summed E-state index contributed by atoms with van der Waals surface area (Å²) in [5, 5.41) is 11.5. The van der Waals surface area contributed by atoms with Crippen molar-refractivity contribution < 1.29 is 33.1 Å². The molecule has 338 valence electrons. The highest BCUT2D eigenvalue weighted by atomic mass is 35.5. The van der Waals surface area contributed by atoms with Crippen molar-refractivity contribution in [2.24, 2.45) is 22.1 Å². The molecule has 0 radical (unpaired) electrons. The van der Waals surface area contributed by atoms with Crippen LogP contribution in [0.1, 0.15) is 83.5 Å². The van der Waals surface area contributed by atoms with Crippen molar-refractivity contribution in [1.29, 1.82) is 0 Å². The Labute approximate surface area is 376 Å². The van der Waals surface area contributed by atoms with Gasteiger partial charge in [0.1, 0.15) is 15.7 Å². The third-order valence-corrected chi connectivity index (χ3v) is 18.0. The molecular formula is C48H61ClN6O7S. The molecule has 2 amide bonds. The molecule has 63 heavy (non-hydrogen) atoms. The van der Waals surface area contributed by atoms with E-state index in [2.05, 4.69) is 40.5 Å². The van der Waals surface area contributed by atoms with Gasteiger partial charge in [-0.05, 0) is 111 Å². The lowest BCUT2D eigenvalue weighted by Crippen LogP contribution is -2.59. The van der Waals surface area contributed by atoms with Crippen LogP contribution in [0.2, 0.25) is 5.02 Å². The van der Waals surface area contributed by atoms with Crippen molar-refractivity contribution in [3.05, 3.63) is 93.8 Å². The van der Waals surface area contributed by atoms with Crippen LogP contribution in [0.15, 0.2) is 65.2 Å². The molecule has 2 aliphatic carbocycles. The first-order valence-electron chi connectivity index (χ1n) is 23.1. The number of carbonyl (C=O) groups excluding carboxylic acids is 2. The molecule has 5 aliphatic heterocycles. The number of amides is 2. The third-order valence-electron chi connectivity index (χ3n) is 15.4. The largest absolute Gasteiger partial charge is 0.490 e. The Kier molecular flexibility index (Phi) is 12.0. The lowest BCUT2D eigenvalue weighted by molar-refractivity contribution is -0.0655. The Morgan fingerprint density at radius 3 is 2.83 bits per heavy atom. The molecular weight excluding hydrogens is 840 g/mol. The highest BCUT2D eigenvalue weighted by Crippen LogP contribution is 2.47. The van der Waals surface area contributed by atoms with Gasteiger partial charge >= 0.3 is 0 Å². The number of allylic oxidation sites excluding steroid dienone is 1. The van der Waals surface area contributed by atoms with E-state index in [1.807, 2.05) is 37.3 Å². The maximum absolute atomic E-state index is 15.2. The van der Waals surface area contributed by atoms with Crippen LogP contribution < -0.4 is 14.4 Å². The molecule has 15 heteroatoms. The predicted molar refractivity (Wildman–Crippen MR) is 243 cm³/mol. The molecule has 7 aliphatic rings. The Balaban J connectivity index is 0.931. The second-order valence-corrected chi connectivity index (χ2v) is 22.1. The predicted octanol–water partition coefficient (Wildman–Crippen LogP) is 5.85. The fourth-order valence-electron chi connectivity index (χ4n) is 11.3. The lowest BCUT2D eigenvalue weighted by atomic mass is 9.68. The molecule has 1 spiro atoms. The number of aromatic nitrogens is 1. The molecule has 1 unspecified atom stereocenters. The van der Waals surface area contributed by atoms with E-state index in [1.54, 1.807) is 25.3 Å². The van der Waals surface area contributed by atoms with Crippen molar-refractivity contribution in [2.75, 3.05) is 70.5 Å². The molecule has 3 fully saturated rings. The Morgan fingerprint density at radius 2 is 1.97 bits per heavy atom. The zero-order valence-corrected chi connectivity index (χ0v) is 38.0. The second-order valence-electron chi connectivity index (χ2n) is 19.4. The summed E-state index contributed by atoms with van der Waals surface area (Å²) in [6.07, 6.45) is 10.3. The van der Waals surface area contributed by atoms with E-state index >= 15 is 4.21 Å². The number of nitrogens with one attached hydrogen (secondary N) is 1. The zero-order valence-electron chi connectivity index (χ0n) is 36.5. The van der Waals surface area contributed by atoms with E-state index < -0.39 is 33.1 Å². The van der Waals surface area contributed by atoms with E-state index in [4.69, 9.17) is 25.8 Å². The number of anilines is 1. The van der Waals surface area contributed by atoms with Crippen molar-refractivity contribution in [2.45, 2.75) is 94.4 Å². The van der Waals surface area contributed by atoms with Gasteiger partial charge in [0.15, 0.2) is 0 Å². The molecule has 2 saturated heterocycles. The first-order chi connectivity index (χ1) is 30.4. The molecule has 1 aromatic heterocycles. The first-order valence-corrected chi connectivity index (χ1v) is 25.0. The highest BCUT2D eigenvalue weighted by molar-refractivity contribution is 7.93. The van der Waals surface area contributed by atoms with Crippen LogP contribution in [0.5, 0.6) is 5.75 Å². The van der Waals surface area contributed by atoms with Gasteiger partial charge in [0.2, 0.25) is 0 Å². The average molecular weight is 902 g/mol. The fraction of sp³-hybridized carbons (Fsp3) is 0.583. The fourth-order valence-corrected chi connectivity index (χ4v) is 13.3. The van der Waals surface area contributed by atoms with E-state index in [-0.39, 0.29) is 34.8 Å². The number of carbonyl (C=O) groups is 2. The first kappa shape index (κ1) is 43.1. The quantitative estimate of drug-likeness (QED) is 0.307. The van der Waals surface area contributed by atoms with Gasteiger partial charge < -0.3 is 28.8 Å². The zero-order chi connectivity index (χ0) is 43.5. The van der Waals surface area contributed by atoms with E-state index in [0.29, 0.717) is 56.6 Å². The SMILES string of the molecule is C[C@@H]1[C@@H](C)C/C=C\[C@H](O)[C@@H]2CC[C@H]2CN2C[C@@]3(CCCc4cc(Cl)ccc43)COc3ccc(cc32)C(=O)N=S1(=O)NC(=O)c1cc2n(c1)C[C@H](CN1CCN3CCOC[C@H]3C1)OC2. The van der Waals surface area contributed by atoms with Gasteiger partial charge in [0.25, 0.3) is 11.8 Å². The second kappa shape index (κ2) is 17.6. The van der Waals surface area contributed by atoms with Gasteiger partial charge in [-0.3, -0.25) is 24.1 Å². The number of aryl methyl sites for hydroxylation is 1. The molecule has 13 nitrogen and oxygen atoms in total. The summed E-state index contributed by atoms with van der Waals surface area (Å²) in [6, 6.07) is 13.7. The van der Waals surface area contributed by atoms with Gasteiger partial charge in [-0.25, -0.2) is 4.21 Å². The van der Waals surface area contributed by atoms with Gasteiger partial charge in [-0.15, -0.1) is 4.36 Å². The number of nitrogens with zero attached hydrogens (tertiary/aromatic N) is 5. The lowest BCUT2D eigenvalue weighted by Gasteiger charge is -2.45. The number of morpholine rings is 1. The molecule has 6 heterocycles. The third kappa shape index (κ3) is 8.61. The molecule has 2 N–H and O–H groups in total. The minimum absolute atomic E-state index is 0.0398. The summed E-state index contributed by atoms with van der Waals surface area (Å²) >= 11 is 6.49. The summed E-state index contributed by atoms with van der Waals surface area (Å²) in [6.45, 7) is 12.8. The Hall–Kier alpha value is -3.76. The van der Waals surface area contributed by atoms with Crippen molar-refractivity contribution in [1.82, 2.24) is 19.1 Å². The molecule has 2 aromatic carbocycles. The number of hydrogen-bond donors (Lipinski definition) is 2. The van der Waals surface area contributed by atoms with Crippen LogP contribution in [0.25, 0.3) is 0 Å². The van der Waals surface area contributed by atoms with Crippen LogP contribution in [0.3, 0.4) is 0 Å². The summed E-state index contributed by atoms with van der Waals surface area (Å²) in [7, 11) is -3.69. The maximum Gasteiger partial charge on any atom is 0.286 e. The van der Waals surface area contributed by atoms with Gasteiger partial charge in [0.05, 0.1) is 55.1 Å². The standard InChI is InChI=1S/C48H61ClN6O7S/c1-31-5-3-7-44(56)41-11-8-35(41)22-55-29-48(14-4-6-33-19-37(49)10-12-42(33)48)30-62-45-13-9-34(21-43(45)55)46(57)50-63(59,32(31)2)51-47(58)36-20-38-28-61-40(26-54(38)23-36)25-52-15-16-53-17-18-60-27-39(53)24-52/h3,7,9-10,12-13,19-21,23,31-32,35,39-41,44,56H,4-6,8,11,14-18,22,24-30H2,1-2H3,(H,50,51,57,58,59)/b7-3-/t31-,32+,35-,39+,40-,41+,44-,48-,63?/m0/s1. The Bertz CT molecular complexity index is 2400. The number of piperazine rings is 1. The van der Waals surface area contributed by atoms with Crippen LogP contribution >= 0.6 is 11.6 Å². The topological polar surface area (TPSA) is 138 Å². The van der Waals surface area contributed by atoms with Crippen LogP contribution in [0.4, 0.5) is 5.69 Å². The van der Waals surface area contributed by atoms with Gasteiger partial charge in [0, 0.05) is 86.3 Å². The summed E-state index contributed by atoms with van der Waals surface area (Å²) in [5.41, 5.74) is 4.44. The Morgan fingerprint density at radius 1 is 1.08 bits per heavy atom.